The van der Waals surface area contributed by atoms with Crippen LogP contribution in [0.4, 0.5) is 0 Å². The number of carbonyl (C=O) groups is 1. The maximum atomic E-state index is 13.1. The van der Waals surface area contributed by atoms with E-state index >= 15 is 0 Å². The fraction of sp³-hybridized carbons (Fsp3) is 0.526. The second-order valence-electron chi connectivity index (χ2n) is 6.88. The molecule has 0 radical (unpaired) electrons. The summed E-state index contributed by atoms with van der Waals surface area (Å²) in [6.07, 6.45) is 4.55. The van der Waals surface area contributed by atoms with Gasteiger partial charge in [-0.1, -0.05) is 25.1 Å². The monoisotopic (exact) mass is 311 g/mol. The molecular weight excluding hydrogens is 286 g/mol. The number of para-hydroxylation sites is 1. The molecule has 0 unspecified atom stereocenters. The van der Waals surface area contributed by atoms with E-state index in [4.69, 9.17) is 0 Å². The van der Waals surface area contributed by atoms with Crippen molar-refractivity contribution in [3.8, 4) is 0 Å². The number of hydrogen-bond acceptors (Lipinski definition) is 2. The molecule has 0 spiro atoms. The molecule has 1 saturated heterocycles. The van der Waals surface area contributed by atoms with Crippen LogP contribution in [0.1, 0.15) is 43.1 Å². The first-order chi connectivity index (χ1) is 11.3. The zero-order valence-electron chi connectivity index (χ0n) is 13.8. The number of benzene rings is 1. The topological polar surface area (TPSA) is 39.3 Å². The van der Waals surface area contributed by atoms with Crippen molar-refractivity contribution in [2.24, 2.45) is 0 Å². The number of rotatable bonds is 4. The van der Waals surface area contributed by atoms with Gasteiger partial charge in [-0.25, -0.2) is 0 Å². The molecule has 1 amide bonds. The Kier molecular flexibility index (Phi) is 3.85. The Labute approximate surface area is 137 Å². The molecule has 1 aliphatic carbocycles. The molecule has 122 valence electrons. The number of amides is 1. The number of aromatic amines is 1. The first-order valence-corrected chi connectivity index (χ1v) is 8.89. The van der Waals surface area contributed by atoms with Crippen molar-refractivity contribution in [1.29, 1.82) is 0 Å². The molecule has 1 saturated carbocycles. The number of hydrogen-bond donors (Lipinski definition) is 1. The zero-order valence-corrected chi connectivity index (χ0v) is 13.8. The summed E-state index contributed by atoms with van der Waals surface area (Å²) in [4.78, 5) is 21.1. The van der Waals surface area contributed by atoms with Crippen molar-refractivity contribution in [1.82, 2.24) is 14.8 Å². The van der Waals surface area contributed by atoms with Crippen LogP contribution in [0.15, 0.2) is 30.3 Å². The summed E-state index contributed by atoms with van der Waals surface area (Å²) in [5.41, 5.74) is 1.79. The van der Waals surface area contributed by atoms with E-state index in [0.717, 1.165) is 49.1 Å². The Morgan fingerprint density at radius 2 is 1.87 bits per heavy atom. The lowest BCUT2D eigenvalue weighted by Gasteiger charge is -2.38. The lowest BCUT2D eigenvalue weighted by Crippen LogP contribution is -2.48. The van der Waals surface area contributed by atoms with Gasteiger partial charge in [-0.3, -0.25) is 4.79 Å². The first-order valence-electron chi connectivity index (χ1n) is 8.89. The first kappa shape index (κ1) is 14.8. The summed E-state index contributed by atoms with van der Waals surface area (Å²) in [6.45, 7) is 5.56. The zero-order chi connectivity index (χ0) is 15.8. The third-order valence-corrected chi connectivity index (χ3v) is 5.33. The van der Waals surface area contributed by atoms with Crippen molar-refractivity contribution < 1.29 is 4.79 Å². The van der Waals surface area contributed by atoms with E-state index in [1.165, 1.54) is 12.8 Å². The molecule has 2 heterocycles. The summed E-state index contributed by atoms with van der Waals surface area (Å²) in [5.74, 6) is 0.193. The van der Waals surface area contributed by atoms with Gasteiger partial charge in [0.15, 0.2) is 0 Å². The molecule has 4 rings (SSSR count). The molecule has 4 nitrogen and oxygen atoms in total. The van der Waals surface area contributed by atoms with Crippen molar-refractivity contribution >= 4 is 16.8 Å². The second-order valence-corrected chi connectivity index (χ2v) is 6.88. The minimum atomic E-state index is 0.193. The smallest absolute Gasteiger partial charge is 0.270 e. The van der Waals surface area contributed by atoms with Crippen LogP contribution in [0.5, 0.6) is 0 Å². The fourth-order valence-corrected chi connectivity index (χ4v) is 3.82. The maximum Gasteiger partial charge on any atom is 0.270 e. The molecule has 2 aliphatic rings. The Hall–Kier alpha value is -1.81. The van der Waals surface area contributed by atoms with E-state index in [0.29, 0.717) is 12.1 Å². The molecule has 1 aromatic carbocycles. The highest BCUT2D eigenvalue weighted by Gasteiger charge is 2.39. The van der Waals surface area contributed by atoms with Crippen LogP contribution in [0.25, 0.3) is 10.9 Å². The molecule has 2 fully saturated rings. The Bertz CT molecular complexity index is 662. The van der Waals surface area contributed by atoms with Crippen molar-refractivity contribution in [2.75, 3.05) is 19.6 Å². The highest BCUT2D eigenvalue weighted by atomic mass is 16.2. The van der Waals surface area contributed by atoms with Gasteiger partial charge in [-0.2, -0.15) is 0 Å². The predicted molar refractivity (Wildman–Crippen MR) is 92.6 cm³/mol. The number of carbonyl (C=O) groups excluding carboxylic acids is 1. The number of aromatic nitrogens is 1. The molecular formula is C19H25N3O. The molecule has 1 N–H and O–H groups in total. The predicted octanol–water partition coefficient (Wildman–Crippen LogP) is 3.26. The Morgan fingerprint density at radius 1 is 1.17 bits per heavy atom. The number of piperidine rings is 1. The van der Waals surface area contributed by atoms with Gasteiger partial charge in [0.2, 0.25) is 0 Å². The van der Waals surface area contributed by atoms with Gasteiger partial charge in [0.1, 0.15) is 5.69 Å². The Balaban J connectivity index is 1.56. The Morgan fingerprint density at radius 3 is 2.52 bits per heavy atom. The lowest BCUT2D eigenvalue weighted by atomic mass is 10.0. The van der Waals surface area contributed by atoms with Crippen molar-refractivity contribution in [3.63, 3.8) is 0 Å². The van der Waals surface area contributed by atoms with Gasteiger partial charge in [0.05, 0.1) is 0 Å². The number of likely N-dealkylation sites (tertiary alicyclic amines) is 1. The van der Waals surface area contributed by atoms with Crippen molar-refractivity contribution in [3.05, 3.63) is 36.0 Å². The highest BCUT2D eigenvalue weighted by molar-refractivity contribution is 5.98. The maximum absolute atomic E-state index is 13.1. The summed E-state index contributed by atoms with van der Waals surface area (Å²) in [7, 11) is 0. The van der Waals surface area contributed by atoms with Gasteiger partial charge >= 0.3 is 0 Å². The van der Waals surface area contributed by atoms with Gasteiger partial charge < -0.3 is 14.8 Å². The van der Waals surface area contributed by atoms with Gasteiger partial charge in [-0.05, 0) is 44.4 Å². The van der Waals surface area contributed by atoms with Gasteiger partial charge in [-0.15, -0.1) is 0 Å². The quantitative estimate of drug-likeness (QED) is 0.941. The van der Waals surface area contributed by atoms with Crippen LogP contribution in [0, 0.1) is 0 Å². The van der Waals surface area contributed by atoms with Crippen LogP contribution in [-0.4, -0.2) is 52.4 Å². The van der Waals surface area contributed by atoms with Crippen molar-refractivity contribution in [2.45, 2.75) is 44.7 Å². The van der Waals surface area contributed by atoms with Crippen LogP contribution in [0.3, 0.4) is 0 Å². The summed E-state index contributed by atoms with van der Waals surface area (Å²) >= 11 is 0. The average molecular weight is 311 g/mol. The standard InChI is InChI=1S/C19H25N3O/c1-2-21-11-9-16(10-12-21)22(15-7-8-15)19(23)18-13-14-5-3-4-6-17(14)20-18/h3-6,13,15-16,20H,2,7-12H2,1H3. The van der Waals surface area contributed by atoms with E-state index in [1.54, 1.807) is 0 Å². The lowest BCUT2D eigenvalue weighted by molar-refractivity contribution is 0.0549. The average Bonchev–Trinajstić information content (AvgIpc) is 3.32. The molecule has 2 aromatic rings. The van der Waals surface area contributed by atoms with E-state index < -0.39 is 0 Å². The molecule has 0 atom stereocenters. The van der Waals surface area contributed by atoms with Crippen LogP contribution in [0.2, 0.25) is 0 Å². The molecule has 23 heavy (non-hydrogen) atoms. The fourth-order valence-electron chi connectivity index (χ4n) is 3.82. The molecule has 0 bridgehead atoms. The van der Waals surface area contributed by atoms with Gasteiger partial charge in [0.25, 0.3) is 5.91 Å². The molecule has 1 aromatic heterocycles. The number of fused-ring (bicyclic) bond motifs is 1. The third-order valence-electron chi connectivity index (χ3n) is 5.33. The normalized spacial score (nSPS) is 20.0. The third kappa shape index (κ3) is 2.88. The summed E-state index contributed by atoms with van der Waals surface area (Å²) < 4.78 is 0. The minimum absolute atomic E-state index is 0.193. The summed E-state index contributed by atoms with van der Waals surface area (Å²) in [5, 5.41) is 1.12. The largest absolute Gasteiger partial charge is 0.351 e. The molecule has 4 heteroatoms. The number of nitrogens with one attached hydrogen (secondary N) is 1. The molecule has 1 aliphatic heterocycles. The van der Waals surface area contributed by atoms with E-state index in [1.807, 2.05) is 24.3 Å². The number of nitrogens with zero attached hydrogens (tertiary/aromatic N) is 2. The SMILES string of the molecule is CCN1CCC(N(C(=O)c2cc3ccccc3[nH]2)C2CC2)CC1. The van der Waals surface area contributed by atoms with E-state index in [9.17, 15) is 4.79 Å². The van der Waals surface area contributed by atoms with Gasteiger partial charge in [0, 0.05) is 36.1 Å². The minimum Gasteiger partial charge on any atom is -0.351 e. The summed E-state index contributed by atoms with van der Waals surface area (Å²) in [6, 6.07) is 11.0. The second kappa shape index (κ2) is 6.00. The van der Waals surface area contributed by atoms with E-state index in [2.05, 4.69) is 27.8 Å². The van der Waals surface area contributed by atoms with Crippen LogP contribution >= 0.6 is 0 Å². The highest BCUT2D eigenvalue weighted by Crippen LogP contribution is 2.33. The van der Waals surface area contributed by atoms with Crippen LogP contribution in [-0.2, 0) is 0 Å². The van der Waals surface area contributed by atoms with Crippen LogP contribution < -0.4 is 0 Å². The van der Waals surface area contributed by atoms with E-state index in [-0.39, 0.29) is 5.91 Å². The number of H-pyrrole nitrogens is 1.